The average molecular weight is 281 g/mol. The molecule has 0 bridgehead atoms. The van der Waals surface area contributed by atoms with Gasteiger partial charge < -0.3 is 16.4 Å². The van der Waals surface area contributed by atoms with Crippen molar-refractivity contribution in [1.82, 2.24) is 0 Å². The lowest BCUT2D eigenvalue weighted by molar-refractivity contribution is -0.116. The zero-order chi connectivity index (χ0) is 15.0. The first-order valence-corrected chi connectivity index (χ1v) is 6.62. The van der Waals surface area contributed by atoms with Crippen LogP contribution in [-0.4, -0.2) is 11.8 Å². The third-order valence-electron chi connectivity index (χ3n) is 3.52. The summed E-state index contributed by atoms with van der Waals surface area (Å²) in [4.78, 5) is 23.1. The Bertz CT molecular complexity index is 723. The van der Waals surface area contributed by atoms with E-state index in [9.17, 15) is 9.59 Å². The van der Waals surface area contributed by atoms with Crippen molar-refractivity contribution in [2.45, 2.75) is 13.0 Å². The molecule has 4 N–H and O–H groups in total. The predicted octanol–water partition coefficient (Wildman–Crippen LogP) is 2.20. The van der Waals surface area contributed by atoms with E-state index in [-0.39, 0.29) is 5.91 Å². The van der Waals surface area contributed by atoms with E-state index >= 15 is 0 Å². The van der Waals surface area contributed by atoms with E-state index in [4.69, 9.17) is 5.73 Å². The number of aryl methyl sites for hydroxylation is 1. The number of amides is 2. The smallest absolute Gasteiger partial charge is 0.251 e. The van der Waals surface area contributed by atoms with Gasteiger partial charge in [0.1, 0.15) is 6.04 Å². The normalized spacial score (nSPS) is 16.2. The number of fused-ring (bicyclic) bond motifs is 1. The van der Waals surface area contributed by atoms with E-state index in [0.29, 0.717) is 5.56 Å². The Labute approximate surface area is 122 Å². The topological polar surface area (TPSA) is 84.2 Å². The summed E-state index contributed by atoms with van der Waals surface area (Å²) in [7, 11) is 0. The summed E-state index contributed by atoms with van der Waals surface area (Å²) in [5, 5.41) is 6.03. The molecule has 106 valence electrons. The lowest BCUT2D eigenvalue weighted by Gasteiger charge is -2.13. The second-order valence-electron chi connectivity index (χ2n) is 5.10. The van der Waals surface area contributed by atoms with Crippen LogP contribution in [0, 0.1) is 6.92 Å². The monoisotopic (exact) mass is 281 g/mol. The third kappa shape index (κ3) is 2.45. The average Bonchev–Trinajstić information content (AvgIpc) is 2.76. The molecule has 5 heteroatoms. The van der Waals surface area contributed by atoms with Crippen LogP contribution < -0.4 is 16.4 Å². The summed E-state index contributed by atoms with van der Waals surface area (Å²) in [6, 6.07) is 12.2. The molecule has 1 heterocycles. The van der Waals surface area contributed by atoms with E-state index in [1.165, 1.54) is 0 Å². The molecule has 1 unspecified atom stereocenters. The van der Waals surface area contributed by atoms with Crippen LogP contribution in [0.5, 0.6) is 0 Å². The van der Waals surface area contributed by atoms with Gasteiger partial charge in [-0.2, -0.15) is 0 Å². The van der Waals surface area contributed by atoms with E-state index in [1.807, 2.05) is 25.1 Å². The van der Waals surface area contributed by atoms with Gasteiger partial charge in [0.05, 0.1) is 0 Å². The Morgan fingerprint density at radius 3 is 2.57 bits per heavy atom. The first-order chi connectivity index (χ1) is 10.0. The number of rotatable bonds is 3. The van der Waals surface area contributed by atoms with Gasteiger partial charge in [-0.1, -0.05) is 17.7 Å². The lowest BCUT2D eigenvalue weighted by atomic mass is 10.0. The minimum absolute atomic E-state index is 0.0884. The van der Waals surface area contributed by atoms with Crippen molar-refractivity contribution in [3.8, 4) is 0 Å². The van der Waals surface area contributed by atoms with Crippen LogP contribution in [0.15, 0.2) is 42.5 Å². The van der Waals surface area contributed by atoms with Gasteiger partial charge in [0.25, 0.3) is 5.91 Å². The highest BCUT2D eigenvalue weighted by atomic mass is 16.2. The van der Waals surface area contributed by atoms with Crippen molar-refractivity contribution in [1.29, 1.82) is 0 Å². The quantitative estimate of drug-likeness (QED) is 0.806. The Morgan fingerprint density at radius 1 is 1.19 bits per heavy atom. The highest BCUT2D eigenvalue weighted by Crippen LogP contribution is 2.33. The number of anilines is 2. The van der Waals surface area contributed by atoms with Gasteiger partial charge in [-0.15, -0.1) is 0 Å². The summed E-state index contributed by atoms with van der Waals surface area (Å²) in [6.45, 7) is 1.99. The van der Waals surface area contributed by atoms with Gasteiger partial charge in [-0.25, -0.2) is 0 Å². The molecule has 0 aromatic heterocycles. The van der Waals surface area contributed by atoms with Crippen molar-refractivity contribution in [2.24, 2.45) is 5.73 Å². The number of benzene rings is 2. The van der Waals surface area contributed by atoms with Gasteiger partial charge in [0.2, 0.25) is 5.91 Å². The summed E-state index contributed by atoms with van der Waals surface area (Å²) >= 11 is 0. The van der Waals surface area contributed by atoms with Gasteiger partial charge >= 0.3 is 0 Å². The first kappa shape index (κ1) is 13.2. The van der Waals surface area contributed by atoms with Gasteiger partial charge in [0, 0.05) is 22.5 Å². The summed E-state index contributed by atoms with van der Waals surface area (Å²) in [6.07, 6.45) is 0. The fourth-order valence-corrected chi connectivity index (χ4v) is 2.42. The molecular formula is C16H15N3O2. The van der Waals surface area contributed by atoms with Crippen LogP contribution in [0.3, 0.4) is 0 Å². The molecule has 0 saturated carbocycles. The molecule has 21 heavy (non-hydrogen) atoms. The van der Waals surface area contributed by atoms with E-state index in [1.54, 1.807) is 24.3 Å². The minimum Gasteiger partial charge on any atom is -0.370 e. The summed E-state index contributed by atoms with van der Waals surface area (Å²) < 4.78 is 0. The molecule has 0 radical (unpaired) electrons. The number of primary amides is 1. The van der Waals surface area contributed by atoms with Crippen LogP contribution in [0.1, 0.15) is 27.5 Å². The number of hydrogen-bond donors (Lipinski definition) is 3. The van der Waals surface area contributed by atoms with Crippen molar-refractivity contribution in [3.63, 3.8) is 0 Å². The van der Waals surface area contributed by atoms with Crippen LogP contribution in [-0.2, 0) is 4.79 Å². The first-order valence-electron chi connectivity index (χ1n) is 6.62. The molecule has 0 aliphatic carbocycles. The largest absolute Gasteiger partial charge is 0.370 e. The third-order valence-corrected chi connectivity index (χ3v) is 3.52. The molecule has 0 saturated heterocycles. The van der Waals surface area contributed by atoms with Gasteiger partial charge in [0.15, 0.2) is 0 Å². The molecule has 0 fully saturated rings. The van der Waals surface area contributed by atoms with Crippen molar-refractivity contribution >= 4 is 23.2 Å². The molecule has 1 aliphatic heterocycles. The van der Waals surface area contributed by atoms with Gasteiger partial charge in [-0.3, -0.25) is 9.59 Å². The van der Waals surface area contributed by atoms with E-state index < -0.39 is 11.9 Å². The molecule has 3 rings (SSSR count). The summed E-state index contributed by atoms with van der Waals surface area (Å²) in [5.74, 6) is -0.560. The number of carbonyl (C=O) groups is 2. The minimum atomic E-state index is -0.471. The molecular weight excluding hydrogens is 266 g/mol. The summed E-state index contributed by atoms with van der Waals surface area (Å²) in [5.41, 5.74) is 9.26. The molecule has 2 aromatic rings. The number of carbonyl (C=O) groups excluding carboxylic acids is 2. The van der Waals surface area contributed by atoms with Crippen LogP contribution >= 0.6 is 0 Å². The zero-order valence-electron chi connectivity index (χ0n) is 11.5. The van der Waals surface area contributed by atoms with Crippen molar-refractivity contribution in [3.05, 3.63) is 59.2 Å². The van der Waals surface area contributed by atoms with Crippen LogP contribution in [0.2, 0.25) is 0 Å². The maximum atomic E-state index is 12.1. The molecule has 5 nitrogen and oxygen atoms in total. The Kier molecular flexibility index (Phi) is 3.10. The molecule has 2 aromatic carbocycles. The number of nitrogens with one attached hydrogen (secondary N) is 2. The Morgan fingerprint density at radius 2 is 1.90 bits per heavy atom. The Balaban J connectivity index is 1.87. The fourth-order valence-electron chi connectivity index (χ4n) is 2.42. The second kappa shape index (κ2) is 4.94. The lowest BCUT2D eigenvalue weighted by Crippen LogP contribution is -2.19. The van der Waals surface area contributed by atoms with E-state index in [0.717, 1.165) is 22.5 Å². The second-order valence-corrected chi connectivity index (χ2v) is 5.10. The molecule has 1 atom stereocenters. The number of hydrogen-bond acceptors (Lipinski definition) is 3. The molecule has 2 amide bonds. The van der Waals surface area contributed by atoms with Gasteiger partial charge in [-0.05, 0) is 37.3 Å². The standard InChI is InChI=1S/C16H15N3O2/c1-9-2-7-13-12(8-9)14(16(21)19-13)18-11-5-3-10(4-6-11)15(17)20/h2-8,14,18H,1H3,(H2,17,20)(H,19,21). The van der Waals surface area contributed by atoms with Crippen LogP contribution in [0.4, 0.5) is 11.4 Å². The highest BCUT2D eigenvalue weighted by Gasteiger charge is 2.30. The van der Waals surface area contributed by atoms with Crippen molar-refractivity contribution < 1.29 is 9.59 Å². The van der Waals surface area contributed by atoms with E-state index in [2.05, 4.69) is 10.6 Å². The SMILES string of the molecule is Cc1ccc2c(c1)C(Nc1ccc(C(N)=O)cc1)C(=O)N2. The number of nitrogens with two attached hydrogens (primary N) is 1. The van der Waals surface area contributed by atoms with Crippen molar-refractivity contribution in [2.75, 3.05) is 10.6 Å². The predicted molar refractivity (Wildman–Crippen MR) is 81.1 cm³/mol. The molecule has 0 spiro atoms. The maximum absolute atomic E-state index is 12.1. The van der Waals surface area contributed by atoms with Crippen LogP contribution in [0.25, 0.3) is 0 Å². The highest BCUT2D eigenvalue weighted by molar-refractivity contribution is 6.04. The maximum Gasteiger partial charge on any atom is 0.251 e. The Hall–Kier alpha value is -2.82. The zero-order valence-corrected chi connectivity index (χ0v) is 11.5. The molecule has 1 aliphatic rings. The fraction of sp³-hybridized carbons (Fsp3) is 0.125.